The van der Waals surface area contributed by atoms with Crippen LogP contribution in [0.5, 0.6) is 0 Å². The van der Waals surface area contributed by atoms with Gasteiger partial charge in [0.2, 0.25) is 0 Å². The molecule has 0 unspecified atom stereocenters. The number of aryl methyl sites for hydroxylation is 1. The normalized spacial score (nSPS) is 11.5. The van der Waals surface area contributed by atoms with E-state index in [1.54, 1.807) is 4.89 Å². The van der Waals surface area contributed by atoms with Crippen LogP contribution >= 0.6 is 0 Å². The fraction of sp³-hybridized carbons (Fsp3) is 0.222. The second-order valence-corrected chi connectivity index (χ2v) is 4.84. The average Bonchev–Trinajstić information content (AvgIpc) is 2.21. The maximum absolute atomic E-state index is 13.4. The van der Waals surface area contributed by atoms with Crippen LogP contribution in [0.4, 0.5) is 4.39 Å². The number of hydrogen-bond acceptors (Lipinski definition) is 4. The van der Waals surface area contributed by atoms with E-state index in [1.807, 2.05) is 0 Å². The van der Waals surface area contributed by atoms with Crippen LogP contribution in [-0.4, -0.2) is 26.6 Å². The summed E-state index contributed by atoms with van der Waals surface area (Å²) in [7, 11) is -2.92. The molecule has 1 aromatic rings. The third kappa shape index (κ3) is 2.78. The Bertz CT molecular complexity index is 555. The minimum absolute atomic E-state index is 0.0821. The van der Waals surface area contributed by atoms with Crippen molar-refractivity contribution in [3.63, 3.8) is 0 Å². The fourth-order valence-electron chi connectivity index (χ4n) is 1.21. The molecular formula is C9H10FNO5S. The molecule has 0 saturated carbocycles. The van der Waals surface area contributed by atoms with E-state index in [0.29, 0.717) is 0 Å². The summed E-state index contributed by atoms with van der Waals surface area (Å²) < 4.78 is 36.4. The topological polar surface area (TPSA) is 92.7 Å². The Morgan fingerprint density at radius 1 is 1.47 bits per heavy atom. The van der Waals surface area contributed by atoms with Gasteiger partial charge in [0.05, 0.1) is 17.6 Å². The molecule has 0 spiro atoms. The van der Waals surface area contributed by atoms with Crippen LogP contribution in [0, 0.1) is 12.7 Å². The number of nitrogens with one attached hydrogen (secondary N) is 1. The molecule has 0 aromatic heterocycles. The quantitative estimate of drug-likeness (QED) is 0.779. The number of halogens is 1. The van der Waals surface area contributed by atoms with E-state index in [4.69, 9.17) is 5.11 Å². The number of rotatable bonds is 4. The molecule has 0 heterocycles. The molecule has 0 atom stereocenters. The SMILES string of the molecule is CONS(=O)(=O)c1cc(C)c(F)c(C(=O)O)c1. The zero-order valence-corrected chi connectivity index (χ0v) is 9.84. The lowest BCUT2D eigenvalue weighted by molar-refractivity contribution is 0.0691. The molecule has 0 aliphatic rings. The van der Waals surface area contributed by atoms with Gasteiger partial charge in [0.25, 0.3) is 10.0 Å². The number of hydrogen-bond donors (Lipinski definition) is 2. The highest BCUT2D eigenvalue weighted by atomic mass is 32.2. The van der Waals surface area contributed by atoms with Crippen molar-refractivity contribution in [2.24, 2.45) is 0 Å². The largest absolute Gasteiger partial charge is 0.478 e. The summed E-state index contributed by atoms with van der Waals surface area (Å²) >= 11 is 0. The molecule has 0 aliphatic carbocycles. The van der Waals surface area contributed by atoms with Gasteiger partial charge in [-0.1, -0.05) is 4.89 Å². The van der Waals surface area contributed by atoms with Gasteiger partial charge in [-0.05, 0) is 24.6 Å². The smallest absolute Gasteiger partial charge is 0.338 e. The van der Waals surface area contributed by atoms with E-state index in [9.17, 15) is 17.6 Å². The van der Waals surface area contributed by atoms with Crippen LogP contribution in [0.2, 0.25) is 0 Å². The molecule has 0 aliphatic heterocycles. The summed E-state index contributed by atoms with van der Waals surface area (Å²) in [6.07, 6.45) is 0. The number of carboxylic acid groups (broad SMARTS) is 1. The Kier molecular flexibility index (Phi) is 3.81. The summed E-state index contributed by atoms with van der Waals surface area (Å²) in [6.45, 7) is 1.27. The maximum Gasteiger partial charge on any atom is 0.338 e. The van der Waals surface area contributed by atoms with Crippen molar-refractivity contribution < 1.29 is 27.5 Å². The van der Waals surface area contributed by atoms with E-state index in [-0.39, 0.29) is 10.5 Å². The zero-order chi connectivity index (χ0) is 13.2. The Morgan fingerprint density at radius 3 is 2.53 bits per heavy atom. The first kappa shape index (κ1) is 13.6. The minimum Gasteiger partial charge on any atom is -0.478 e. The molecule has 0 amide bonds. The van der Waals surface area contributed by atoms with Crippen LogP contribution in [-0.2, 0) is 14.9 Å². The van der Waals surface area contributed by atoms with Gasteiger partial charge in [-0.3, -0.25) is 4.84 Å². The van der Waals surface area contributed by atoms with Gasteiger partial charge in [0.1, 0.15) is 5.82 Å². The van der Waals surface area contributed by atoms with Crippen LogP contribution in [0.25, 0.3) is 0 Å². The first-order chi connectivity index (χ1) is 7.79. The lowest BCUT2D eigenvalue weighted by Crippen LogP contribution is -2.23. The summed E-state index contributed by atoms with van der Waals surface area (Å²) in [4.78, 5) is 16.3. The third-order valence-electron chi connectivity index (χ3n) is 1.96. The number of benzene rings is 1. The standard InChI is InChI=1S/C9H10FNO5S/c1-5-3-6(17(14,15)11-16-2)4-7(8(5)10)9(12)13/h3-4,11H,1-2H3,(H,12,13). The highest BCUT2D eigenvalue weighted by molar-refractivity contribution is 7.89. The lowest BCUT2D eigenvalue weighted by Gasteiger charge is -2.08. The second-order valence-electron chi connectivity index (χ2n) is 3.20. The van der Waals surface area contributed by atoms with Crippen molar-refractivity contribution in [3.8, 4) is 0 Å². The van der Waals surface area contributed by atoms with Crippen LogP contribution in [0.1, 0.15) is 15.9 Å². The molecule has 0 bridgehead atoms. The number of carboxylic acids is 1. The number of aromatic carboxylic acids is 1. The monoisotopic (exact) mass is 263 g/mol. The Labute approximate surface area is 97.0 Å². The van der Waals surface area contributed by atoms with Crippen LogP contribution in [0.15, 0.2) is 17.0 Å². The minimum atomic E-state index is -4.01. The van der Waals surface area contributed by atoms with Gasteiger partial charge in [-0.2, -0.15) is 0 Å². The Morgan fingerprint density at radius 2 is 2.06 bits per heavy atom. The maximum atomic E-state index is 13.4. The van der Waals surface area contributed by atoms with E-state index >= 15 is 0 Å². The number of carbonyl (C=O) groups is 1. The zero-order valence-electron chi connectivity index (χ0n) is 9.02. The van der Waals surface area contributed by atoms with Gasteiger partial charge >= 0.3 is 5.97 Å². The average molecular weight is 263 g/mol. The summed E-state index contributed by atoms with van der Waals surface area (Å²) in [5.41, 5.74) is -0.789. The highest BCUT2D eigenvalue weighted by Crippen LogP contribution is 2.19. The molecule has 17 heavy (non-hydrogen) atoms. The van der Waals surface area contributed by atoms with Crippen molar-refractivity contribution in [2.45, 2.75) is 11.8 Å². The van der Waals surface area contributed by atoms with Crippen LogP contribution in [0.3, 0.4) is 0 Å². The predicted octanol–water partition coefficient (Wildman–Crippen LogP) is 0.672. The van der Waals surface area contributed by atoms with Crippen molar-refractivity contribution >= 4 is 16.0 Å². The van der Waals surface area contributed by atoms with Crippen molar-refractivity contribution in [2.75, 3.05) is 7.11 Å². The summed E-state index contributed by atoms with van der Waals surface area (Å²) in [5.74, 6) is -2.51. The van der Waals surface area contributed by atoms with Crippen molar-refractivity contribution in [3.05, 3.63) is 29.1 Å². The Balaban J connectivity index is 3.44. The third-order valence-corrected chi connectivity index (χ3v) is 3.20. The van der Waals surface area contributed by atoms with Crippen LogP contribution < -0.4 is 4.89 Å². The first-order valence-corrected chi connectivity index (χ1v) is 5.86. The van der Waals surface area contributed by atoms with Crippen molar-refractivity contribution in [1.29, 1.82) is 0 Å². The summed E-state index contributed by atoms with van der Waals surface area (Å²) in [6, 6.07) is 1.75. The molecule has 0 saturated heterocycles. The van der Waals surface area contributed by atoms with Crippen molar-refractivity contribution in [1.82, 2.24) is 4.89 Å². The molecule has 0 fully saturated rings. The summed E-state index contributed by atoms with van der Waals surface area (Å²) in [5, 5.41) is 8.72. The highest BCUT2D eigenvalue weighted by Gasteiger charge is 2.21. The molecule has 2 N–H and O–H groups in total. The Hall–Kier alpha value is -1.51. The molecule has 0 radical (unpaired) electrons. The van der Waals surface area contributed by atoms with Gasteiger partial charge in [-0.25, -0.2) is 17.6 Å². The molecule has 1 rings (SSSR count). The lowest BCUT2D eigenvalue weighted by atomic mass is 10.1. The molecule has 6 nitrogen and oxygen atoms in total. The van der Waals surface area contributed by atoms with E-state index in [0.717, 1.165) is 19.2 Å². The second kappa shape index (κ2) is 4.78. The van der Waals surface area contributed by atoms with Gasteiger partial charge in [-0.15, -0.1) is 0 Å². The van der Waals surface area contributed by atoms with Gasteiger partial charge in [0.15, 0.2) is 0 Å². The molecular weight excluding hydrogens is 253 g/mol. The molecule has 8 heteroatoms. The predicted molar refractivity (Wildman–Crippen MR) is 55.4 cm³/mol. The molecule has 1 aromatic carbocycles. The van der Waals surface area contributed by atoms with E-state index in [1.165, 1.54) is 6.92 Å². The van der Waals surface area contributed by atoms with Gasteiger partial charge in [0, 0.05) is 0 Å². The first-order valence-electron chi connectivity index (χ1n) is 4.38. The number of sulfonamides is 1. The van der Waals surface area contributed by atoms with E-state index in [2.05, 4.69) is 4.84 Å². The van der Waals surface area contributed by atoms with E-state index < -0.39 is 27.4 Å². The molecule has 94 valence electrons. The fourth-order valence-corrected chi connectivity index (χ4v) is 2.13. The van der Waals surface area contributed by atoms with Gasteiger partial charge < -0.3 is 5.11 Å².